The van der Waals surface area contributed by atoms with E-state index in [4.69, 9.17) is 4.74 Å². The first-order valence-corrected chi connectivity index (χ1v) is 9.07. The maximum absolute atomic E-state index is 12.5. The lowest BCUT2D eigenvalue weighted by atomic mass is 10.2. The smallest absolute Gasteiger partial charge is 0.241 e. The standard InChI is InChI=1S/C20H26N4O2/c1-16(2)26-18-8-4-3-7-17(18)22-15-20(25)24-13-11-23(12-14-24)19-9-5-6-10-21-19/h3-10,16,22H,11-15H2,1-2H3. The number of aromatic nitrogens is 1. The minimum Gasteiger partial charge on any atom is -0.489 e. The Labute approximate surface area is 154 Å². The molecule has 6 nitrogen and oxygen atoms in total. The van der Waals surface area contributed by atoms with Gasteiger partial charge in [-0.1, -0.05) is 18.2 Å². The van der Waals surface area contributed by atoms with E-state index in [0.717, 1.165) is 30.3 Å². The maximum Gasteiger partial charge on any atom is 0.241 e. The molecule has 2 heterocycles. The number of carbonyl (C=O) groups excluding carboxylic acids is 1. The van der Waals surface area contributed by atoms with Crippen LogP contribution in [-0.2, 0) is 4.79 Å². The Kier molecular flexibility index (Phi) is 5.94. The molecule has 0 unspecified atom stereocenters. The van der Waals surface area contributed by atoms with Gasteiger partial charge in [-0.25, -0.2) is 4.98 Å². The zero-order valence-electron chi connectivity index (χ0n) is 15.4. The van der Waals surface area contributed by atoms with Gasteiger partial charge < -0.3 is 19.9 Å². The Bertz CT molecular complexity index is 713. The first kappa shape index (κ1) is 18.0. The molecule has 1 aromatic carbocycles. The monoisotopic (exact) mass is 354 g/mol. The summed E-state index contributed by atoms with van der Waals surface area (Å²) in [7, 11) is 0. The molecule has 0 atom stereocenters. The molecule has 6 heteroatoms. The van der Waals surface area contributed by atoms with Crippen molar-refractivity contribution in [3.63, 3.8) is 0 Å². The van der Waals surface area contributed by atoms with Crippen molar-refractivity contribution < 1.29 is 9.53 Å². The van der Waals surface area contributed by atoms with E-state index in [-0.39, 0.29) is 18.6 Å². The molecule has 0 aliphatic carbocycles. The maximum atomic E-state index is 12.5. The van der Waals surface area contributed by atoms with Crippen molar-refractivity contribution in [2.75, 3.05) is 42.9 Å². The highest BCUT2D eigenvalue weighted by atomic mass is 16.5. The molecule has 3 rings (SSSR count). The second-order valence-corrected chi connectivity index (χ2v) is 6.57. The molecule has 1 aliphatic heterocycles. The molecule has 26 heavy (non-hydrogen) atoms. The van der Waals surface area contributed by atoms with E-state index in [1.807, 2.05) is 61.2 Å². The summed E-state index contributed by atoms with van der Waals surface area (Å²) in [6, 6.07) is 13.6. The van der Waals surface area contributed by atoms with Gasteiger partial charge in [0.05, 0.1) is 18.3 Å². The predicted molar refractivity (Wildman–Crippen MR) is 104 cm³/mol. The Morgan fingerprint density at radius 3 is 2.54 bits per heavy atom. The molecule has 0 radical (unpaired) electrons. The minimum absolute atomic E-state index is 0.0910. The van der Waals surface area contributed by atoms with E-state index >= 15 is 0 Å². The van der Waals surface area contributed by atoms with Gasteiger partial charge in [-0.05, 0) is 38.1 Å². The molecule has 0 bridgehead atoms. The number of benzene rings is 1. The lowest BCUT2D eigenvalue weighted by Crippen LogP contribution is -2.50. The van der Waals surface area contributed by atoms with Crippen molar-refractivity contribution in [2.45, 2.75) is 20.0 Å². The zero-order chi connectivity index (χ0) is 18.4. The van der Waals surface area contributed by atoms with E-state index in [1.54, 1.807) is 6.20 Å². The quantitative estimate of drug-likeness (QED) is 0.864. The molecule has 1 amide bonds. The van der Waals surface area contributed by atoms with Gasteiger partial charge in [-0.15, -0.1) is 0 Å². The summed E-state index contributed by atoms with van der Waals surface area (Å²) in [5.41, 5.74) is 0.849. The Balaban J connectivity index is 1.51. The largest absolute Gasteiger partial charge is 0.489 e. The third-order valence-electron chi connectivity index (χ3n) is 4.29. The molecule has 1 fully saturated rings. The Morgan fingerprint density at radius 1 is 1.12 bits per heavy atom. The average molecular weight is 354 g/mol. The fourth-order valence-corrected chi connectivity index (χ4v) is 2.98. The van der Waals surface area contributed by atoms with Gasteiger partial charge in [0.2, 0.25) is 5.91 Å². The van der Waals surface area contributed by atoms with Crippen LogP contribution in [0.3, 0.4) is 0 Å². The third kappa shape index (κ3) is 4.65. The molecule has 138 valence electrons. The number of hydrogen-bond acceptors (Lipinski definition) is 5. The van der Waals surface area contributed by atoms with Crippen molar-refractivity contribution in [3.8, 4) is 5.75 Å². The fraction of sp³-hybridized carbons (Fsp3) is 0.400. The van der Waals surface area contributed by atoms with Crippen LogP contribution in [0.4, 0.5) is 11.5 Å². The number of piperazine rings is 1. The van der Waals surface area contributed by atoms with Crippen LogP contribution in [0, 0.1) is 0 Å². The van der Waals surface area contributed by atoms with Crippen LogP contribution in [0.15, 0.2) is 48.7 Å². The van der Waals surface area contributed by atoms with E-state index < -0.39 is 0 Å². The number of para-hydroxylation sites is 2. The minimum atomic E-state index is 0.0910. The number of ether oxygens (including phenoxy) is 1. The number of carbonyl (C=O) groups is 1. The van der Waals surface area contributed by atoms with Crippen molar-refractivity contribution in [1.82, 2.24) is 9.88 Å². The fourth-order valence-electron chi connectivity index (χ4n) is 2.98. The summed E-state index contributed by atoms with van der Waals surface area (Å²) in [5, 5.41) is 3.22. The molecule has 1 aliphatic rings. The average Bonchev–Trinajstić information content (AvgIpc) is 2.67. The van der Waals surface area contributed by atoms with E-state index in [2.05, 4.69) is 15.2 Å². The topological polar surface area (TPSA) is 57.7 Å². The number of pyridine rings is 1. The molecule has 1 saturated heterocycles. The van der Waals surface area contributed by atoms with Crippen molar-refractivity contribution >= 4 is 17.4 Å². The van der Waals surface area contributed by atoms with E-state index in [1.165, 1.54) is 0 Å². The summed E-state index contributed by atoms with van der Waals surface area (Å²) in [6.45, 7) is 7.27. The van der Waals surface area contributed by atoms with Crippen LogP contribution >= 0.6 is 0 Å². The van der Waals surface area contributed by atoms with E-state index in [0.29, 0.717) is 13.1 Å². The van der Waals surface area contributed by atoms with Gasteiger partial charge in [0, 0.05) is 32.4 Å². The Morgan fingerprint density at radius 2 is 1.85 bits per heavy atom. The van der Waals surface area contributed by atoms with Gasteiger partial charge in [0.1, 0.15) is 11.6 Å². The second kappa shape index (κ2) is 8.56. The highest BCUT2D eigenvalue weighted by Crippen LogP contribution is 2.24. The number of rotatable bonds is 6. The number of anilines is 2. The van der Waals surface area contributed by atoms with Gasteiger partial charge in [0.15, 0.2) is 0 Å². The van der Waals surface area contributed by atoms with Crippen LogP contribution in [0.1, 0.15) is 13.8 Å². The molecular formula is C20H26N4O2. The second-order valence-electron chi connectivity index (χ2n) is 6.57. The molecule has 0 saturated carbocycles. The predicted octanol–water partition coefficient (Wildman–Crippen LogP) is 2.63. The first-order valence-electron chi connectivity index (χ1n) is 9.07. The van der Waals surface area contributed by atoms with Gasteiger partial charge >= 0.3 is 0 Å². The lowest BCUT2D eigenvalue weighted by Gasteiger charge is -2.35. The molecular weight excluding hydrogens is 328 g/mol. The molecule has 1 aromatic heterocycles. The van der Waals surface area contributed by atoms with Crippen LogP contribution in [0.25, 0.3) is 0 Å². The van der Waals surface area contributed by atoms with Gasteiger partial charge in [0.25, 0.3) is 0 Å². The summed E-state index contributed by atoms with van der Waals surface area (Å²) in [5.74, 6) is 1.85. The summed E-state index contributed by atoms with van der Waals surface area (Å²) < 4.78 is 5.79. The Hall–Kier alpha value is -2.76. The lowest BCUT2D eigenvalue weighted by molar-refractivity contribution is -0.129. The van der Waals surface area contributed by atoms with Gasteiger partial charge in [-0.2, -0.15) is 0 Å². The number of amides is 1. The van der Waals surface area contributed by atoms with Crippen LogP contribution in [0.2, 0.25) is 0 Å². The normalized spacial score (nSPS) is 14.4. The number of hydrogen-bond donors (Lipinski definition) is 1. The molecule has 0 spiro atoms. The van der Waals surface area contributed by atoms with E-state index in [9.17, 15) is 4.79 Å². The summed E-state index contributed by atoms with van der Waals surface area (Å²) in [6.07, 6.45) is 1.89. The van der Waals surface area contributed by atoms with Crippen LogP contribution in [-0.4, -0.2) is 54.6 Å². The highest BCUT2D eigenvalue weighted by Gasteiger charge is 2.21. The van der Waals surface area contributed by atoms with Crippen molar-refractivity contribution in [2.24, 2.45) is 0 Å². The molecule has 1 N–H and O–H groups in total. The summed E-state index contributed by atoms with van der Waals surface area (Å²) >= 11 is 0. The van der Waals surface area contributed by atoms with Gasteiger partial charge in [-0.3, -0.25) is 4.79 Å². The van der Waals surface area contributed by atoms with Crippen LogP contribution in [0.5, 0.6) is 5.75 Å². The SMILES string of the molecule is CC(C)Oc1ccccc1NCC(=O)N1CCN(c2ccccn2)CC1. The zero-order valence-corrected chi connectivity index (χ0v) is 15.4. The highest BCUT2D eigenvalue weighted by molar-refractivity contribution is 5.81. The van der Waals surface area contributed by atoms with Crippen molar-refractivity contribution in [1.29, 1.82) is 0 Å². The van der Waals surface area contributed by atoms with Crippen molar-refractivity contribution in [3.05, 3.63) is 48.7 Å². The molecule has 2 aromatic rings. The third-order valence-corrected chi connectivity index (χ3v) is 4.29. The number of nitrogens with one attached hydrogen (secondary N) is 1. The van der Waals surface area contributed by atoms with Crippen LogP contribution < -0.4 is 15.0 Å². The number of nitrogens with zero attached hydrogens (tertiary/aromatic N) is 3. The summed E-state index contributed by atoms with van der Waals surface area (Å²) in [4.78, 5) is 21.0. The first-order chi connectivity index (χ1) is 12.6.